The number of hydrogen-bond acceptors (Lipinski definition) is 2. The number of hydrogen-bond donors (Lipinski definition) is 0. The Labute approximate surface area is 132 Å². The van der Waals surface area contributed by atoms with Gasteiger partial charge >= 0.3 is 0 Å². The normalized spacial score (nSPS) is 34.0. The zero-order valence-corrected chi connectivity index (χ0v) is 14.3. The second-order valence-electron chi connectivity index (χ2n) is 7.25. The van der Waals surface area contributed by atoms with Gasteiger partial charge in [0.15, 0.2) is 0 Å². The van der Waals surface area contributed by atoms with E-state index in [0.29, 0.717) is 12.2 Å². The van der Waals surface area contributed by atoms with Gasteiger partial charge in [0.2, 0.25) is 0 Å². The predicted octanol–water partition coefficient (Wildman–Crippen LogP) is 5.35. The van der Waals surface area contributed by atoms with Crippen molar-refractivity contribution < 1.29 is 9.47 Å². The molecule has 21 heavy (non-hydrogen) atoms. The smallest absolute Gasteiger partial charge is 0.0838 e. The van der Waals surface area contributed by atoms with E-state index in [1.165, 1.54) is 70.6 Å². The van der Waals surface area contributed by atoms with Crippen LogP contribution in [0.1, 0.15) is 84.5 Å². The average molecular weight is 296 g/mol. The maximum absolute atomic E-state index is 6.15. The van der Waals surface area contributed by atoms with Crippen molar-refractivity contribution in [3.05, 3.63) is 0 Å². The molecule has 2 heteroatoms. The maximum atomic E-state index is 6.15. The van der Waals surface area contributed by atoms with Crippen LogP contribution in [0.5, 0.6) is 0 Å². The summed E-state index contributed by atoms with van der Waals surface area (Å²) in [6, 6.07) is 0. The third-order valence-corrected chi connectivity index (χ3v) is 5.51. The lowest BCUT2D eigenvalue weighted by Crippen LogP contribution is -2.41. The van der Waals surface area contributed by atoms with Crippen LogP contribution in [-0.2, 0) is 9.47 Å². The summed E-state index contributed by atoms with van der Waals surface area (Å²) in [5.74, 6) is 1.76. The molecule has 2 rings (SSSR count). The molecule has 2 atom stereocenters. The fraction of sp³-hybridized carbons (Fsp3) is 1.00. The molecule has 2 nitrogen and oxygen atoms in total. The summed E-state index contributed by atoms with van der Waals surface area (Å²) in [6.07, 6.45) is 15.6. The van der Waals surface area contributed by atoms with Gasteiger partial charge in [-0.3, -0.25) is 0 Å². The van der Waals surface area contributed by atoms with Gasteiger partial charge in [0.1, 0.15) is 0 Å². The van der Waals surface area contributed by atoms with Gasteiger partial charge in [0, 0.05) is 0 Å². The molecule has 2 aliphatic rings. The van der Waals surface area contributed by atoms with E-state index in [1.54, 1.807) is 0 Å². The summed E-state index contributed by atoms with van der Waals surface area (Å²) in [4.78, 5) is 0. The molecule has 0 N–H and O–H groups in total. The first kappa shape index (κ1) is 17.3. The van der Waals surface area contributed by atoms with E-state index in [0.717, 1.165) is 25.0 Å². The van der Waals surface area contributed by atoms with Gasteiger partial charge in [0.25, 0.3) is 0 Å². The Hall–Kier alpha value is -0.0800. The van der Waals surface area contributed by atoms with Gasteiger partial charge in [-0.25, -0.2) is 0 Å². The third-order valence-electron chi connectivity index (χ3n) is 5.51. The van der Waals surface area contributed by atoms with Crippen LogP contribution >= 0.6 is 0 Å². The molecular formula is C19H36O2. The highest BCUT2D eigenvalue weighted by Crippen LogP contribution is 2.35. The van der Waals surface area contributed by atoms with Crippen molar-refractivity contribution >= 4 is 0 Å². The molecule has 0 aromatic carbocycles. The van der Waals surface area contributed by atoms with Crippen LogP contribution < -0.4 is 0 Å². The fourth-order valence-electron chi connectivity index (χ4n) is 3.96. The molecule has 1 saturated heterocycles. The lowest BCUT2D eigenvalue weighted by Gasteiger charge is -2.38. The van der Waals surface area contributed by atoms with Gasteiger partial charge < -0.3 is 9.47 Å². The molecule has 0 amide bonds. The lowest BCUT2D eigenvalue weighted by atomic mass is 9.77. The predicted molar refractivity (Wildman–Crippen MR) is 88.6 cm³/mol. The molecule has 0 aromatic heterocycles. The summed E-state index contributed by atoms with van der Waals surface area (Å²) >= 11 is 0. The van der Waals surface area contributed by atoms with E-state index in [-0.39, 0.29) is 0 Å². The van der Waals surface area contributed by atoms with Gasteiger partial charge in [-0.2, -0.15) is 0 Å². The second-order valence-corrected chi connectivity index (χ2v) is 7.25. The molecule has 1 aliphatic heterocycles. The first-order chi connectivity index (χ1) is 10.3. The fourth-order valence-corrected chi connectivity index (χ4v) is 3.96. The zero-order chi connectivity index (χ0) is 14.9. The van der Waals surface area contributed by atoms with Crippen LogP contribution in [0.2, 0.25) is 0 Å². The highest BCUT2D eigenvalue weighted by molar-refractivity contribution is 4.81. The third kappa shape index (κ3) is 5.90. The monoisotopic (exact) mass is 296 g/mol. The molecule has 1 aliphatic carbocycles. The van der Waals surface area contributed by atoms with Crippen LogP contribution in [0, 0.1) is 11.8 Å². The summed E-state index contributed by atoms with van der Waals surface area (Å²) < 4.78 is 12.2. The molecular weight excluding hydrogens is 260 g/mol. The van der Waals surface area contributed by atoms with Crippen LogP contribution in [0.15, 0.2) is 0 Å². The molecule has 124 valence electrons. The summed E-state index contributed by atoms with van der Waals surface area (Å²) in [5.41, 5.74) is 0. The SMILES string of the molecule is CCCCCC1COC(C2CCC(CCCC)CC2)CO1. The lowest BCUT2D eigenvalue weighted by molar-refractivity contribution is -0.157. The van der Waals surface area contributed by atoms with Crippen LogP contribution in [-0.4, -0.2) is 25.4 Å². The van der Waals surface area contributed by atoms with Crippen LogP contribution in [0.25, 0.3) is 0 Å². The molecule has 2 unspecified atom stereocenters. The van der Waals surface area contributed by atoms with Crippen molar-refractivity contribution in [3.63, 3.8) is 0 Å². The van der Waals surface area contributed by atoms with E-state index in [9.17, 15) is 0 Å². The van der Waals surface area contributed by atoms with Crippen molar-refractivity contribution in [3.8, 4) is 0 Å². The molecule has 2 fully saturated rings. The van der Waals surface area contributed by atoms with Crippen LogP contribution in [0.3, 0.4) is 0 Å². The van der Waals surface area contributed by atoms with E-state index < -0.39 is 0 Å². The van der Waals surface area contributed by atoms with Crippen molar-refractivity contribution in [1.29, 1.82) is 0 Å². The number of rotatable bonds is 8. The first-order valence-electron chi connectivity index (χ1n) is 9.56. The Balaban J connectivity index is 1.60. The minimum Gasteiger partial charge on any atom is -0.373 e. The maximum Gasteiger partial charge on any atom is 0.0838 e. The average Bonchev–Trinajstić information content (AvgIpc) is 2.54. The number of unbranched alkanes of at least 4 members (excludes halogenated alkanes) is 3. The standard InChI is InChI=1S/C19H36O2/c1-3-5-7-9-18-14-21-19(15-20-18)17-12-10-16(11-13-17)8-6-4-2/h16-19H,3-15H2,1-2H3. The van der Waals surface area contributed by atoms with Crippen molar-refractivity contribution in [2.45, 2.75) is 96.7 Å². The molecule has 0 aromatic rings. The largest absolute Gasteiger partial charge is 0.373 e. The summed E-state index contributed by atoms with van der Waals surface area (Å²) in [5, 5.41) is 0. The Morgan fingerprint density at radius 1 is 0.762 bits per heavy atom. The molecule has 0 spiro atoms. The van der Waals surface area contributed by atoms with Gasteiger partial charge in [-0.1, -0.05) is 65.2 Å². The van der Waals surface area contributed by atoms with E-state index in [4.69, 9.17) is 9.47 Å². The van der Waals surface area contributed by atoms with E-state index in [2.05, 4.69) is 13.8 Å². The Bertz CT molecular complexity index is 250. The summed E-state index contributed by atoms with van der Waals surface area (Å²) in [7, 11) is 0. The van der Waals surface area contributed by atoms with Crippen LogP contribution in [0.4, 0.5) is 0 Å². The zero-order valence-electron chi connectivity index (χ0n) is 14.3. The quantitative estimate of drug-likeness (QED) is 0.562. The van der Waals surface area contributed by atoms with E-state index in [1.807, 2.05) is 0 Å². The minimum absolute atomic E-state index is 0.369. The Morgan fingerprint density at radius 3 is 2.14 bits per heavy atom. The second kappa shape index (κ2) is 9.84. The molecule has 1 heterocycles. The highest BCUT2D eigenvalue weighted by atomic mass is 16.6. The molecule has 0 bridgehead atoms. The highest BCUT2D eigenvalue weighted by Gasteiger charge is 2.31. The van der Waals surface area contributed by atoms with Crippen molar-refractivity contribution in [1.82, 2.24) is 0 Å². The van der Waals surface area contributed by atoms with E-state index >= 15 is 0 Å². The Morgan fingerprint density at radius 2 is 1.52 bits per heavy atom. The molecule has 0 radical (unpaired) electrons. The van der Waals surface area contributed by atoms with Gasteiger partial charge in [0.05, 0.1) is 25.4 Å². The van der Waals surface area contributed by atoms with Gasteiger partial charge in [-0.05, 0) is 31.1 Å². The van der Waals surface area contributed by atoms with Crippen molar-refractivity contribution in [2.75, 3.05) is 13.2 Å². The van der Waals surface area contributed by atoms with Gasteiger partial charge in [-0.15, -0.1) is 0 Å². The first-order valence-corrected chi connectivity index (χ1v) is 9.56. The topological polar surface area (TPSA) is 18.5 Å². The summed E-state index contributed by atoms with van der Waals surface area (Å²) in [6.45, 7) is 6.24. The number of ether oxygens (including phenoxy) is 2. The Kier molecular flexibility index (Phi) is 8.10. The molecule has 1 saturated carbocycles. The minimum atomic E-state index is 0.369. The van der Waals surface area contributed by atoms with Crippen molar-refractivity contribution in [2.24, 2.45) is 11.8 Å².